The van der Waals surface area contributed by atoms with Crippen molar-refractivity contribution in [2.75, 3.05) is 11.3 Å². The van der Waals surface area contributed by atoms with E-state index >= 15 is 0 Å². The number of hydrogen-bond acceptors (Lipinski definition) is 5. The molecule has 10 heteroatoms. The molecular formula is C15H14ClFN2O5S. The number of anilines is 1. The Kier molecular flexibility index (Phi) is 5.48. The molecule has 0 spiro atoms. The van der Waals surface area contributed by atoms with Gasteiger partial charge in [-0.05, 0) is 32.0 Å². The maximum atomic E-state index is 13.8. The van der Waals surface area contributed by atoms with Gasteiger partial charge in [0.25, 0.3) is 15.7 Å². The molecule has 134 valence electrons. The summed E-state index contributed by atoms with van der Waals surface area (Å²) in [6.07, 6.45) is 0. The number of sulfonamides is 1. The number of nitrogens with one attached hydrogen (secondary N) is 1. The van der Waals surface area contributed by atoms with E-state index in [1.807, 2.05) is 0 Å². The summed E-state index contributed by atoms with van der Waals surface area (Å²) in [5.74, 6) is -0.755. The third-order valence-electron chi connectivity index (χ3n) is 3.28. The topological polar surface area (TPSA) is 98.5 Å². The standard InChI is InChI=1S/C15H14ClFN2O5S/c1-3-24-15-5-4-10(6-13(15)17)18-25(22,23)11-7-12(16)9(2)14(8-11)19(20)21/h4-8,18H,3H2,1-2H3. The highest BCUT2D eigenvalue weighted by Crippen LogP contribution is 2.31. The van der Waals surface area contributed by atoms with Crippen LogP contribution in [0, 0.1) is 22.9 Å². The summed E-state index contributed by atoms with van der Waals surface area (Å²) >= 11 is 5.88. The molecule has 0 bridgehead atoms. The van der Waals surface area contributed by atoms with Gasteiger partial charge >= 0.3 is 0 Å². The van der Waals surface area contributed by atoms with E-state index in [-0.39, 0.29) is 28.6 Å². The Labute approximate surface area is 148 Å². The molecular weight excluding hydrogens is 375 g/mol. The van der Waals surface area contributed by atoms with Crippen LogP contribution < -0.4 is 9.46 Å². The zero-order valence-electron chi connectivity index (χ0n) is 13.2. The fraction of sp³-hybridized carbons (Fsp3) is 0.200. The third kappa shape index (κ3) is 4.18. The molecule has 2 aromatic rings. The smallest absolute Gasteiger partial charge is 0.275 e. The predicted octanol–water partition coefficient (Wildman–Crippen LogP) is 3.90. The molecule has 0 fully saturated rings. The molecule has 7 nitrogen and oxygen atoms in total. The molecule has 0 aliphatic rings. The van der Waals surface area contributed by atoms with Gasteiger partial charge in [0.15, 0.2) is 11.6 Å². The van der Waals surface area contributed by atoms with E-state index in [1.54, 1.807) is 6.92 Å². The van der Waals surface area contributed by atoms with Crippen molar-refractivity contribution in [2.45, 2.75) is 18.7 Å². The largest absolute Gasteiger partial charge is 0.491 e. The predicted molar refractivity (Wildman–Crippen MR) is 91.2 cm³/mol. The fourth-order valence-corrected chi connectivity index (χ4v) is 3.41. The van der Waals surface area contributed by atoms with Gasteiger partial charge in [0, 0.05) is 17.7 Å². The van der Waals surface area contributed by atoms with Crippen molar-refractivity contribution >= 4 is 33.0 Å². The van der Waals surface area contributed by atoms with Crippen LogP contribution in [0.4, 0.5) is 15.8 Å². The number of rotatable bonds is 6. The van der Waals surface area contributed by atoms with Crippen LogP contribution in [0.3, 0.4) is 0 Å². The van der Waals surface area contributed by atoms with Crippen molar-refractivity contribution in [3.8, 4) is 5.75 Å². The van der Waals surface area contributed by atoms with Crippen molar-refractivity contribution in [1.82, 2.24) is 0 Å². The lowest BCUT2D eigenvalue weighted by Gasteiger charge is -2.11. The molecule has 0 heterocycles. The number of nitrogens with zero attached hydrogens (tertiary/aromatic N) is 1. The van der Waals surface area contributed by atoms with Gasteiger partial charge in [0.05, 0.1) is 27.1 Å². The highest BCUT2D eigenvalue weighted by atomic mass is 35.5. The average molecular weight is 389 g/mol. The molecule has 0 atom stereocenters. The van der Waals surface area contributed by atoms with Crippen LogP contribution >= 0.6 is 11.6 Å². The molecule has 0 saturated heterocycles. The number of benzene rings is 2. The lowest BCUT2D eigenvalue weighted by atomic mass is 10.2. The Bertz CT molecular complexity index is 934. The van der Waals surface area contributed by atoms with Crippen LogP contribution in [-0.4, -0.2) is 19.9 Å². The molecule has 0 saturated carbocycles. The second-order valence-corrected chi connectivity index (χ2v) is 7.08. The second kappa shape index (κ2) is 7.24. The van der Waals surface area contributed by atoms with Crippen LogP contribution in [-0.2, 0) is 10.0 Å². The van der Waals surface area contributed by atoms with Crippen molar-refractivity contribution in [3.63, 3.8) is 0 Å². The Balaban J connectivity index is 2.40. The van der Waals surface area contributed by atoms with E-state index in [4.69, 9.17) is 16.3 Å². The van der Waals surface area contributed by atoms with E-state index in [0.29, 0.717) is 0 Å². The van der Waals surface area contributed by atoms with E-state index in [2.05, 4.69) is 4.72 Å². The number of halogens is 2. The average Bonchev–Trinajstić information content (AvgIpc) is 2.51. The highest BCUT2D eigenvalue weighted by molar-refractivity contribution is 7.92. The number of nitro groups is 1. The van der Waals surface area contributed by atoms with Gasteiger partial charge in [0.2, 0.25) is 0 Å². The van der Waals surface area contributed by atoms with E-state index in [0.717, 1.165) is 18.2 Å². The van der Waals surface area contributed by atoms with Gasteiger partial charge in [-0.1, -0.05) is 11.6 Å². The highest BCUT2D eigenvalue weighted by Gasteiger charge is 2.23. The monoisotopic (exact) mass is 388 g/mol. The van der Waals surface area contributed by atoms with Gasteiger partial charge in [-0.2, -0.15) is 0 Å². The van der Waals surface area contributed by atoms with Crippen LogP contribution in [0.2, 0.25) is 5.02 Å². The van der Waals surface area contributed by atoms with Crippen LogP contribution in [0.1, 0.15) is 12.5 Å². The van der Waals surface area contributed by atoms with Crippen molar-refractivity contribution in [2.24, 2.45) is 0 Å². The van der Waals surface area contributed by atoms with Gasteiger partial charge in [0.1, 0.15) is 0 Å². The zero-order chi connectivity index (χ0) is 18.8. The lowest BCUT2D eigenvalue weighted by Crippen LogP contribution is -2.14. The summed E-state index contributed by atoms with van der Waals surface area (Å²) in [6, 6.07) is 5.54. The maximum absolute atomic E-state index is 13.8. The molecule has 2 rings (SSSR count). The van der Waals surface area contributed by atoms with Crippen LogP contribution in [0.5, 0.6) is 5.75 Å². The minimum Gasteiger partial charge on any atom is -0.491 e. The first-order valence-corrected chi connectivity index (χ1v) is 8.91. The van der Waals surface area contributed by atoms with Crippen molar-refractivity contribution in [3.05, 3.63) is 56.8 Å². The maximum Gasteiger partial charge on any atom is 0.275 e. The first-order chi connectivity index (χ1) is 11.7. The lowest BCUT2D eigenvalue weighted by molar-refractivity contribution is -0.385. The first kappa shape index (κ1) is 18.9. The fourth-order valence-electron chi connectivity index (χ4n) is 2.04. The summed E-state index contributed by atoms with van der Waals surface area (Å²) in [5.41, 5.74) is -0.330. The Morgan fingerprint density at radius 2 is 2.00 bits per heavy atom. The Hall–Kier alpha value is -2.39. The van der Waals surface area contributed by atoms with E-state index < -0.39 is 31.3 Å². The van der Waals surface area contributed by atoms with Crippen LogP contribution in [0.15, 0.2) is 35.2 Å². The number of nitro benzene ring substituents is 1. The normalized spacial score (nSPS) is 11.2. The minimum absolute atomic E-state index is 0.0144. The molecule has 0 unspecified atom stereocenters. The van der Waals surface area contributed by atoms with Gasteiger partial charge < -0.3 is 4.74 Å². The molecule has 0 aliphatic carbocycles. The molecule has 0 aromatic heterocycles. The molecule has 0 radical (unpaired) electrons. The van der Waals surface area contributed by atoms with E-state index in [1.165, 1.54) is 19.1 Å². The summed E-state index contributed by atoms with van der Waals surface area (Å²) in [5, 5.41) is 11.0. The SMILES string of the molecule is CCOc1ccc(NS(=O)(=O)c2cc(Cl)c(C)c([N+](=O)[O-])c2)cc1F. The molecule has 1 N–H and O–H groups in total. The Morgan fingerprint density at radius 3 is 2.56 bits per heavy atom. The molecule has 0 aliphatic heterocycles. The number of hydrogen-bond donors (Lipinski definition) is 1. The molecule has 25 heavy (non-hydrogen) atoms. The molecule has 0 amide bonds. The first-order valence-electron chi connectivity index (χ1n) is 7.05. The van der Waals surface area contributed by atoms with E-state index in [9.17, 15) is 22.9 Å². The molecule has 2 aromatic carbocycles. The Morgan fingerprint density at radius 1 is 1.32 bits per heavy atom. The summed E-state index contributed by atoms with van der Waals surface area (Å²) in [7, 11) is -4.20. The quantitative estimate of drug-likeness (QED) is 0.597. The summed E-state index contributed by atoms with van der Waals surface area (Å²) in [4.78, 5) is 9.90. The third-order valence-corrected chi connectivity index (χ3v) is 5.03. The van der Waals surface area contributed by atoms with Gasteiger partial charge in [-0.25, -0.2) is 12.8 Å². The summed E-state index contributed by atoms with van der Waals surface area (Å²) in [6.45, 7) is 3.35. The van der Waals surface area contributed by atoms with Gasteiger partial charge in [-0.3, -0.25) is 14.8 Å². The summed E-state index contributed by atoms with van der Waals surface area (Å²) < 4.78 is 45.8. The van der Waals surface area contributed by atoms with Crippen molar-refractivity contribution < 1.29 is 22.5 Å². The minimum atomic E-state index is -4.20. The zero-order valence-corrected chi connectivity index (χ0v) is 14.8. The van der Waals surface area contributed by atoms with Gasteiger partial charge in [-0.15, -0.1) is 0 Å². The van der Waals surface area contributed by atoms with Crippen LogP contribution in [0.25, 0.3) is 0 Å². The van der Waals surface area contributed by atoms with Crippen molar-refractivity contribution in [1.29, 1.82) is 0 Å². The number of ether oxygens (including phenoxy) is 1. The second-order valence-electron chi connectivity index (χ2n) is 4.99.